The minimum atomic E-state index is 0.649. The first kappa shape index (κ1) is 11.0. The molecule has 0 unspecified atom stereocenters. The first-order valence-corrected chi connectivity index (χ1v) is 5.74. The van der Waals surface area contributed by atoms with E-state index >= 15 is 0 Å². The molecule has 0 fully saturated rings. The number of anilines is 1. The first-order chi connectivity index (χ1) is 7.66. The Morgan fingerprint density at radius 3 is 2.50 bits per heavy atom. The fourth-order valence-corrected chi connectivity index (χ4v) is 1.77. The van der Waals surface area contributed by atoms with E-state index in [4.69, 9.17) is 10.5 Å². The van der Waals surface area contributed by atoms with E-state index in [1.54, 1.807) is 0 Å². The number of para-hydroxylation sites is 1. The van der Waals surface area contributed by atoms with Gasteiger partial charge in [0.15, 0.2) is 0 Å². The van der Waals surface area contributed by atoms with Crippen LogP contribution in [0.15, 0.2) is 46.9 Å². The lowest BCUT2D eigenvalue weighted by Crippen LogP contribution is -1.93. The standard InChI is InChI=1S/C13H12BrNO/c1-9-6-7-13(11(15)8-9)16-12-5-3-2-4-10(12)14/h2-8H,15H2,1H3. The van der Waals surface area contributed by atoms with Gasteiger partial charge >= 0.3 is 0 Å². The zero-order valence-corrected chi connectivity index (χ0v) is 10.5. The van der Waals surface area contributed by atoms with Crippen LogP contribution in [0.25, 0.3) is 0 Å². The molecular formula is C13H12BrNO. The van der Waals surface area contributed by atoms with Gasteiger partial charge in [-0.25, -0.2) is 0 Å². The average Bonchev–Trinajstić information content (AvgIpc) is 2.25. The molecular weight excluding hydrogens is 266 g/mol. The van der Waals surface area contributed by atoms with Crippen LogP contribution in [0.3, 0.4) is 0 Å². The van der Waals surface area contributed by atoms with E-state index in [0.29, 0.717) is 11.4 Å². The monoisotopic (exact) mass is 277 g/mol. The SMILES string of the molecule is Cc1ccc(Oc2ccccc2Br)c(N)c1. The summed E-state index contributed by atoms with van der Waals surface area (Å²) in [7, 11) is 0. The summed E-state index contributed by atoms with van der Waals surface area (Å²) in [5, 5.41) is 0. The van der Waals surface area contributed by atoms with Crippen molar-refractivity contribution in [3.8, 4) is 11.5 Å². The maximum Gasteiger partial charge on any atom is 0.150 e. The van der Waals surface area contributed by atoms with Crippen molar-refractivity contribution in [1.29, 1.82) is 0 Å². The van der Waals surface area contributed by atoms with Gasteiger partial charge in [-0.15, -0.1) is 0 Å². The second-order valence-corrected chi connectivity index (χ2v) is 4.43. The van der Waals surface area contributed by atoms with Crippen molar-refractivity contribution in [2.24, 2.45) is 0 Å². The summed E-state index contributed by atoms with van der Waals surface area (Å²) in [4.78, 5) is 0. The lowest BCUT2D eigenvalue weighted by atomic mass is 10.2. The van der Waals surface area contributed by atoms with Gasteiger partial charge in [0.2, 0.25) is 0 Å². The molecule has 16 heavy (non-hydrogen) atoms. The topological polar surface area (TPSA) is 35.2 Å². The Bertz CT molecular complexity index is 511. The van der Waals surface area contributed by atoms with Crippen LogP contribution in [0.5, 0.6) is 11.5 Å². The molecule has 0 aliphatic rings. The van der Waals surface area contributed by atoms with Gasteiger partial charge in [0.05, 0.1) is 10.2 Å². The Morgan fingerprint density at radius 1 is 1.06 bits per heavy atom. The van der Waals surface area contributed by atoms with E-state index in [1.165, 1.54) is 0 Å². The van der Waals surface area contributed by atoms with E-state index in [0.717, 1.165) is 15.8 Å². The minimum absolute atomic E-state index is 0.649. The molecule has 3 heteroatoms. The number of hydrogen-bond donors (Lipinski definition) is 1. The molecule has 0 radical (unpaired) electrons. The summed E-state index contributed by atoms with van der Waals surface area (Å²) >= 11 is 3.43. The van der Waals surface area contributed by atoms with Crippen molar-refractivity contribution in [3.63, 3.8) is 0 Å². The summed E-state index contributed by atoms with van der Waals surface area (Å²) in [6, 6.07) is 13.4. The number of halogens is 1. The van der Waals surface area contributed by atoms with E-state index in [1.807, 2.05) is 49.4 Å². The van der Waals surface area contributed by atoms with Crippen LogP contribution in [-0.4, -0.2) is 0 Å². The number of nitrogen functional groups attached to an aromatic ring is 1. The Kier molecular flexibility index (Phi) is 3.15. The summed E-state index contributed by atoms with van der Waals surface area (Å²) in [6.07, 6.45) is 0. The number of nitrogens with two attached hydrogens (primary N) is 1. The summed E-state index contributed by atoms with van der Waals surface area (Å²) in [5.41, 5.74) is 7.65. The molecule has 2 aromatic carbocycles. The second-order valence-electron chi connectivity index (χ2n) is 3.57. The summed E-state index contributed by atoms with van der Waals surface area (Å²) < 4.78 is 6.64. The van der Waals surface area contributed by atoms with Gasteiger partial charge in [-0.05, 0) is 52.7 Å². The highest BCUT2D eigenvalue weighted by atomic mass is 79.9. The van der Waals surface area contributed by atoms with Gasteiger partial charge in [-0.2, -0.15) is 0 Å². The molecule has 0 atom stereocenters. The third-order valence-corrected chi connectivity index (χ3v) is 2.88. The Balaban J connectivity index is 2.31. The number of rotatable bonds is 2. The normalized spacial score (nSPS) is 10.1. The van der Waals surface area contributed by atoms with Gasteiger partial charge in [0.1, 0.15) is 11.5 Å². The molecule has 0 saturated carbocycles. The van der Waals surface area contributed by atoms with Crippen LogP contribution in [0, 0.1) is 6.92 Å². The van der Waals surface area contributed by atoms with Crippen LogP contribution in [0.2, 0.25) is 0 Å². The number of hydrogen-bond acceptors (Lipinski definition) is 2. The van der Waals surface area contributed by atoms with Gasteiger partial charge in [-0.3, -0.25) is 0 Å². The molecule has 2 rings (SSSR count). The molecule has 0 aromatic heterocycles. The average molecular weight is 278 g/mol. The molecule has 0 spiro atoms. The zero-order chi connectivity index (χ0) is 11.5. The molecule has 2 N–H and O–H groups in total. The lowest BCUT2D eigenvalue weighted by Gasteiger charge is -2.10. The molecule has 0 saturated heterocycles. The smallest absolute Gasteiger partial charge is 0.150 e. The van der Waals surface area contributed by atoms with E-state index < -0.39 is 0 Å². The third kappa shape index (κ3) is 2.36. The number of benzene rings is 2. The molecule has 0 heterocycles. The van der Waals surface area contributed by atoms with Crippen molar-refractivity contribution in [2.45, 2.75) is 6.92 Å². The van der Waals surface area contributed by atoms with Crippen LogP contribution < -0.4 is 10.5 Å². The third-order valence-electron chi connectivity index (χ3n) is 2.22. The molecule has 0 amide bonds. The quantitative estimate of drug-likeness (QED) is 0.838. The van der Waals surface area contributed by atoms with Gasteiger partial charge in [0, 0.05) is 0 Å². The highest BCUT2D eigenvalue weighted by molar-refractivity contribution is 9.10. The van der Waals surface area contributed by atoms with Crippen LogP contribution in [0.1, 0.15) is 5.56 Å². The van der Waals surface area contributed by atoms with Crippen molar-refractivity contribution < 1.29 is 4.74 Å². The zero-order valence-electron chi connectivity index (χ0n) is 8.91. The van der Waals surface area contributed by atoms with Crippen molar-refractivity contribution in [1.82, 2.24) is 0 Å². The van der Waals surface area contributed by atoms with Crippen LogP contribution >= 0.6 is 15.9 Å². The maximum atomic E-state index is 5.88. The van der Waals surface area contributed by atoms with Gasteiger partial charge in [-0.1, -0.05) is 18.2 Å². The van der Waals surface area contributed by atoms with Crippen molar-refractivity contribution in [2.75, 3.05) is 5.73 Å². The second kappa shape index (κ2) is 4.58. The largest absolute Gasteiger partial charge is 0.454 e. The Hall–Kier alpha value is -1.48. The lowest BCUT2D eigenvalue weighted by molar-refractivity contribution is 0.482. The van der Waals surface area contributed by atoms with E-state index in [-0.39, 0.29) is 0 Å². The highest BCUT2D eigenvalue weighted by Crippen LogP contribution is 2.32. The number of ether oxygens (including phenoxy) is 1. The van der Waals surface area contributed by atoms with E-state index in [2.05, 4.69) is 15.9 Å². The number of aryl methyl sites for hydroxylation is 1. The predicted molar refractivity (Wildman–Crippen MR) is 69.8 cm³/mol. The fourth-order valence-electron chi connectivity index (χ4n) is 1.41. The molecule has 2 aromatic rings. The molecule has 2 nitrogen and oxygen atoms in total. The Labute approximate surface area is 103 Å². The summed E-state index contributed by atoms with van der Waals surface area (Å²) in [6.45, 7) is 2.00. The Morgan fingerprint density at radius 2 is 1.81 bits per heavy atom. The maximum absolute atomic E-state index is 5.88. The molecule has 0 aliphatic heterocycles. The van der Waals surface area contributed by atoms with Crippen molar-refractivity contribution >= 4 is 21.6 Å². The van der Waals surface area contributed by atoms with E-state index in [9.17, 15) is 0 Å². The predicted octanol–water partition coefficient (Wildman–Crippen LogP) is 4.13. The van der Waals surface area contributed by atoms with Gasteiger partial charge < -0.3 is 10.5 Å². The highest BCUT2D eigenvalue weighted by Gasteiger charge is 2.04. The molecule has 0 bridgehead atoms. The fraction of sp³-hybridized carbons (Fsp3) is 0.0769. The molecule has 82 valence electrons. The van der Waals surface area contributed by atoms with Crippen molar-refractivity contribution in [3.05, 3.63) is 52.5 Å². The van der Waals surface area contributed by atoms with Crippen LogP contribution in [-0.2, 0) is 0 Å². The van der Waals surface area contributed by atoms with Gasteiger partial charge in [0.25, 0.3) is 0 Å². The molecule has 0 aliphatic carbocycles. The first-order valence-electron chi connectivity index (χ1n) is 4.95. The summed E-state index contributed by atoms with van der Waals surface area (Å²) in [5.74, 6) is 1.44. The van der Waals surface area contributed by atoms with Crippen LogP contribution in [0.4, 0.5) is 5.69 Å². The minimum Gasteiger partial charge on any atom is -0.454 e.